The molecule has 2 N–H and O–H groups in total. The van der Waals surface area contributed by atoms with Crippen LogP contribution in [0.15, 0.2) is 0 Å². The molecule has 19 heavy (non-hydrogen) atoms. The zero-order valence-electron chi connectivity index (χ0n) is 12.1. The lowest BCUT2D eigenvalue weighted by Gasteiger charge is -2.38. The van der Waals surface area contributed by atoms with Crippen LogP contribution in [-0.2, 0) is 4.79 Å². The molecule has 1 saturated heterocycles. The molecule has 0 aromatic rings. The standard InChI is InChI=1S/C15H28N2O2/c1-2-9-16-13(15(18)19)8-11-17-10-4-6-12-5-3-7-14(12)17/h12-14,16H,2-11H2,1H3,(H,18,19). The third-order valence-corrected chi connectivity index (χ3v) is 4.75. The molecule has 0 bridgehead atoms. The van der Waals surface area contributed by atoms with E-state index in [1.165, 1.54) is 38.6 Å². The Bertz CT molecular complexity index is 296. The van der Waals surface area contributed by atoms with Crippen LogP contribution in [-0.4, -0.2) is 47.7 Å². The molecule has 4 nitrogen and oxygen atoms in total. The summed E-state index contributed by atoms with van der Waals surface area (Å²) in [6.07, 6.45) is 8.47. The van der Waals surface area contributed by atoms with Gasteiger partial charge in [0, 0.05) is 12.6 Å². The van der Waals surface area contributed by atoms with E-state index in [-0.39, 0.29) is 6.04 Å². The van der Waals surface area contributed by atoms with Crippen molar-refractivity contribution >= 4 is 5.97 Å². The van der Waals surface area contributed by atoms with Gasteiger partial charge in [-0.25, -0.2) is 0 Å². The monoisotopic (exact) mass is 268 g/mol. The van der Waals surface area contributed by atoms with Crippen LogP contribution in [0.2, 0.25) is 0 Å². The summed E-state index contributed by atoms with van der Waals surface area (Å²) in [5.41, 5.74) is 0. The number of rotatable bonds is 7. The van der Waals surface area contributed by atoms with Crippen molar-refractivity contribution in [3.63, 3.8) is 0 Å². The van der Waals surface area contributed by atoms with E-state index in [2.05, 4.69) is 17.1 Å². The summed E-state index contributed by atoms with van der Waals surface area (Å²) in [7, 11) is 0. The van der Waals surface area contributed by atoms with E-state index in [4.69, 9.17) is 0 Å². The number of fused-ring (bicyclic) bond motifs is 1. The molecular formula is C15H28N2O2. The fourth-order valence-electron chi connectivity index (χ4n) is 3.76. The van der Waals surface area contributed by atoms with Crippen molar-refractivity contribution in [2.45, 2.75) is 64.0 Å². The van der Waals surface area contributed by atoms with Gasteiger partial charge in [0.2, 0.25) is 0 Å². The number of nitrogens with one attached hydrogen (secondary N) is 1. The maximum Gasteiger partial charge on any atom is 0.320 e. The number of aliphatic carboxylic acids is 1. The van der Waals surface area contributed by atoms with Crippen LogP contribution in [0.25, 0.3) is 0 Å². The lowest BCUT2D eigenvalue weighted by molar-refractivity contribution is -0.139. The highest BCUT2D eigenvalue weighted by Crippen LogP contribution is 2.36. The largest absolute Gasteiger partial charge is 0.480 e. The van der Waals surface area contributed by atoms with E-state index in [0.717, 1.165) is 37.9 Å². The fourth-order valence-corrected chi connectivity index (χ4v) is 3.76. The first-order chi connectivity index (χ1) is 9.22. The molecule has 2 rings (SSSR count). The summed E-state index contributed by atoms with van der Waals surface area (Å²) in [6.45, 7) is 4.97. The summed E-state index contributed by atoms with van der Waals surface area (Å²) in [5.74, 6) is 0.189. The molecule has 0 aromatic heterocycles. The molecular weight excluding hydrogens is 240 g/mol. The van der Waals surface area contributed by atoms with E-state index in [1.807, 2.05) is 0 Å². The van der Waals surface area contributed by atoms with Crippen molar-refractivity contribution in [3.8, 4) is 0 Å². The second-order valence-corrected chi connectivity index (χ2v) is 6.07. The predicted octanol–water partition coefficient (Wildman–Crippen LogP) is 2.09. The van der Waals surface area contributed by atoms with Gasteiger partial charge in [-0.1, -0.05) is 13.3 Å². The van der Waals surface area contributed by atoms with Crippen molar-refractivity contribution in [1.29, 1.82) is 0 Å². The number of likely N-dealkylation sites (tertiary alicyclic amines) is 1. The third kappa shape index (κ3) is 3.93. The topological polar surface area (TPSA) is 52.6 Å². The van der Waals surface area contributed by atoms with Crippen molar-refractivity contribution < 1.29 is 9.90 Å². The third-order valence-electron chi connectivity index (χ3n) is 4.75. The minimum absolute atomic E-state index is 0.373. The lowest BCUT2D eigenvalue weighted by atomic mass is 9.91. The second-order valence-electron chi connectivity index (χ2n) is 6.07. The van der Waals surface area contributed by atoms with Gasteiger partial charge in [0.15, 0.2) is 0 Å². The van der Waals surface area contributed by atoms with Crippen LogP contribution < -0.4 is 5.32 Å². The molecule has 4 heteroatoms. The molecule has 2 aliphatic rings. The van der Waals surface area contributed by atoms with Crippen molar-refractivity contribution in [2.75, 3.05) is 19.6 Å². The van der Waals surface area contributed by atoms with Crippen LogP contribution in [0.4, 0.5) is 0 Å². The zero-order chi connectivity index (χ0) is 13.7. The van der Waals surface area contributed by atoms with E-state index < -0.39 is 5.97 Å². The first kappa shape index (κ1) is 14.8. The lowest BCUT2D eigenvalue weighted by Crippen LogP contribution is -2.46. The quantitative estimate of drug-likeness (QED) is 0.742. The molecule has 0 amide bonds. The molecule has 1 aliphatic carbocycles. The van der Waals surface area contributed by atoms with Crippen LogP contribution in [0.5, 0.6) is 0 Å². The molecule has 1 heterocycles. The zero-order valence-corrected chi connectivity index (χ0v) is 12.1. The Morgan fingerprint density at radius 3 is 2.89 bits per heavy atom. The molecule has 110 valence electrons. The van der Waals surface area contributed by atoms with E-state index in [1.54, 1.807) is 0 Å². The number of piperidine rings is 1. The predicted molar refractivity (Wildman–Crippen MR) is 76.3 cm³/mol. The smallest absolute Gasteiger partial charge is 0.320 e. The highest BCUT2D eigenvalue weighted by molar-refractivity contribution is 5.73. The van der Waals surface area contributed by atoms with E-state index in [9.17, 15) is 9.90 Å². The van der Waals surface area contributed by atoms with Crippen molar-refractivity contribution in [3.05, 3.63) is 0 Å². The van der Waals surface area contributed by atoms with Gasteiger partial charge < -0.3 is 15.3 Å². The van der Waals surface area contributed by atoms with Gasteiger partial charge >= 0.3 is 5.97 Å². The highest BCUT2D eigenvalue weighted by atomic mass is 16.4. The normalized spacial score (nSPS) is 29.1. The molecule has 0 radical (unpaired) electrons. The number of carboxylic acids is 1. The Labute approximate surface area is 116 Å². The fraction of sp³-hybridized carbons (Fsp3) is 0.933. The number of hydrogen-bond acceptors (Lipinski definition) is 3. The molecule has 1 aliphatic heterocycles. The molecule has 1 saturated carbocycles. The summed E-state index contributed by atoms with van der Waals surface area (Å²) >= 11 is 0. The molecule has 3 unspecified atom stereocenters. The van der Waals surface area contributed by atoms with Gasteiger partial charge in [0.25, 0.3) is 0 Å². The number of carboxylic acid groups (broad SMARTS) is 1. The van der Waals surface area contributed by atoms with E-state index >= 15 is 0 Å². The summed E-state index contributed by atoms with van der Waals surface area (Å²) in [5, 5.41) is 12.4. The molecule has 0 aromatic carbocycles. The summed E-state index contributed by atoms with van der Waals surface area (Å²) in [6, 6.07) is 0.371. The van der Waals surface area contributed by atoms with Crippen LogP contribution >= 0.6 is 0 Å². The Kier molecular flexibility index (Phi) is 5.64. The number of nitrogens with zero attached hydrogens (tertiary/aromatic N) is 1. The van der Waals surface area contributed by atoms with Gasteiger partial charge in [-0.2, -0.15) is 0 Å². The Balaban J connectivity index is 1.80. The van der Waals surface area contributed by atoms with Gasteiger partial charge in [-0.05, 0) is 57.5 Å². The summed E-state index contributed by atoms with van der Waals surface area (Å²) < 4.78 is 0. The van der Waals surface area contributed by atoms with Crippen LogP contribution in [0.3, 0.4) is 0 Å². The van der Waals surface area contributed by atoms with Gasteiger partial charge in [-0.15, -0.1) is 0 Å². The first-order valence-electron chi connectivity index (χ1n) is 7.92. The van der Waals surface area contributed by atoms with Crippen molar-refractivity contribution in [2.24, 2.45) is 5.92 Å². The highest BCUT2D eigenvalue weighted by Gasteiger charge is 2.35. The Morgan fingerprint density at radius 2 is 2.16 bits per heavy atom. The molecule has 0 spiro atoms. The average Bonchev–Trinajstić information content (AvgIpc) is 2.87. The van der Waals surface area contributed by atoms with Gasteiger partial charge in [-0.3, -0.25) is 4.79 Å². The summed E-state index contributed by atoms with van der Waals surface area (Å²) in [4.78, 5) is 13.8. The molecule has 3 atom stereocenters. The van der Waals surface area contributed by atoms with Gasteiger partial charge in [0.05, 0.1) is 0 Å². The minimum atomic E-state index is -0.701. The second kappa shape index (κ2) is 7.25. The van der Waals surface area contributed by atoms with Crippen LogP contribution in [0.1, 0.15) is 51.9 Å². The number of hydrogen-bond donors (Lipinski definition) is 2. The Morgan fingerprint density at radius 1 is 1.37 bits per heavy atom. The number of carbonyl (C=O) groups is 1. The minimum Gasteiger partial charge on any atom is -0.480 e. The van der Waals surface area contributed by atoms with Crippen molar-refractivity contribution in [1.82, 2.24) is 10.2 Å². The van der Waals surface area contributed by atoms with E-state index in [0.29, 0.717) is 0 Å². The average molecular weight is 268 g/mol. The SMILES string of the molecule is CCCNC(CCN1CCCC2CCCC21)C(=O)O. The van der Waals surface area contributed by atoms with Gasteiger partial charge in [0.1, 0.15) is 6.04 Å². The maximum absolute atomic E-state index is 11.2. The maximum atomic E-state index is 11.2. The van der Waals surface area contributed by atoms with Crippen LogP contribution in [0, 0.1) is 5.92 Å². The Hall–Kier alpha value is -0.610. The first-order valence-corrected chi connectivity index (χ1v) is 7.92. The molecule has 2 fully saturated rings.